The normalized spacial score (nSPS) is 17.3. The highest BCUT2D eigenvalue weighted by Gasteiger charge is 2.23. The summed E-state index contributed by atoms with van der Waals surface area (Å²) in [4.78, 5) is 12.1. The van der Waals surface area contributed by atoms with Gasteiger partial charge in [0, 0.05) is 23.2 Å². The Bertz CT molecular complexity index is 784. The van der Waals surface area contributed by atoms with Gasteiger partial charge in [0.1, 0.15) is 11.5 Å². The molecule has 1 aliphatic rings. The molecule has 2 aromatic rings. The number of carbonyl (C=O) groups excluding carboxylic acids is 1. The summed E-state index contributed by atoms with van der Waals surface area (Å²) in [6.07, 6.45) is 2.75. The molecule has 1 atom stereocenters. The Hall–Kier alpha value is -2.46. The lowest BCUT2D eigenvalue weighted by Gasteiger charge is -2.24. The quantitative estimate of drug-likeness (QED) is 0.803. The summed E-state index contributed by atoms with van der Waals surface area (Å²) in [6.45, 7) is 0. The highest BCUT2D eigenvalue weighted by atomic mass is 35.5. The molecule has 0 bridgehead atoms. The minimum Gasteiger partial charge on any atom is -0.506 e. The molecular formula is C19H18ClNO3. The Labute approximate surface area is 145 Å². The molecule has 0 aromatic heterocycles. The first kappa shape index (κ1) is 16.4. The number of rotatable bonds is 4. The van der Waals surface area contributed by atoms with E-state index in [1.165, 1.54) is 6.07 Å². The summed E-state index contributed by atoms with van der Waals surface area (Å²) in [6, 6.07) is 12.5. The number of phenols is 1. The van der Waals surface area contributed by atoms with Gasteiger partial charge >= 0.3 is 0 Å². The summed E-state index contributed by atoms with van der Waals surface area (Å²) in [7, 11) is 1.63. The average molecular weight is 344 g/mol. The fraction of sp³-hybridized carbons (Fsp3) is 0.211. The van der Waals surface area contributed by atoms with Crippen LogP contribution in [0.1, 0.15) is 24.3 Å². The molecule has 0 aliphatic heterocycles. The van der Waals surface area contributed by atoms with E-state index in [4.69, 9.17) is 16.3 Å². The van der Waals surface area contributed by atoms with Gasteiger partial charge in [-0.1, -0.05) is 23.7 Å². The summed E-state index contributed by atoms with van der Waals surface area (Å²) in [5.41, 5.74) is 2.36. The van der Waals surface area contributed by atoms with Gasteiger partial charge in [0.15, 0.2) is 5.78 Å². The van der Waals surface area contributed by atoms with Gasteiger partial charge in [-0.2, -0.15) is 0 Å². The van der Waals surface area contributed by atoms with E-state index in [-0.39, 0.29) is 17.5 Å². The van der Waals surface area contributed by atoms with Crippen molar-refractivity contribution in [2.45, 2.75) is 18.8 Å². The first-order valence-corrected chi connectivity index (χ1v) is 8.06. The van der Waals surface area contributed by atoms with Crippen molar-refractivity contribution in [1.29, 1.82) is 0 Å². The SMILES string of the molecule is COc1ccc([C@H]2CC(=O)C=C(Nc3cc(Cl)ccc3O)C2)cc1. The molecule has 0 radical (unpaired) electrons. The topological polar surface area (TPSA) is 58.6 Å². The molecule has 2 aromatic carbocycles. The van der Waals surface area contributed by atoms with Gasteiger partial charge in [-0.05, 0) is 48.2 Å². The van der Waals surface area contributed by atoms with Crippen molar-refractivity contribution in [1.82, 2.24) is 0 Å². The number of allylic oxidation sites excluding steroid dienone is 2. The number of carbonyl (C=O) groups is 1. The molecule has 3 rings (SSSR count). The van der Waals surface area contributed by atoms with Crippen LogP contribution in [0.25, 0.3) is 0 Å². The number of methoxy groups -OCH3 is 1. The van der Waals surface area contributed by atoms with Gasteiger partial charge in [0.05, 0.1) is 12.8 Å². The van der Waals surface area contributed by atoms with Crippen molar-refractivity contribution in [2.24, 2.45) is 0 Å². The van der Waals surface area contributed by atoms with Gasteiger partial charge in [0.25, 0.3) is 0 Å². The minimum atomic E-state index is 0.0612. The van der Waals surface area contributed by atoms with E-state index < -0.39 is 0 Å². The molecule has 0 unspecified atom stereocenters. The summed E-state index contributed by atoms with van der Waals surface area (Å²) >= 11 is 5.97. The maximum Gasteiger partial charge on any atom is 0.158 e. The molecule has 0 amide bonds. The van der Waals surface area contributed by atoms with Crippen LogP contribution in [0.3, 0.4) is 0 Å². The van der Waals surface area contributed by atoms with E-state index in [2.05, 4.69) is 5.32 Å². The van der Waals surface area contributed by atoms with E-state index in [9.17, 15) is 9.90 Å². The Morgan fingerprint density at radius 1 is 1.17 bits per heavy atom. The molecule has 24 heavy (non-hydrogen) atoms. The first-order valence-electron chi connectivity index (χ1n) is 7.68. The molecule has 0 heterocycles. The number of hydrogen-bond donors (Lipinski definition) is 2. The Morgan fingerprint density at radius 3 is 2.62 bits per heavy atom. The van der Waals surface area contributed by atoms with Crippen molar-refractivity contribution in [3.8, 4) is 11.5 Å². The zero-order chi connectivity index (χ0) is 17.1. The number of phenolic OH excluding ortho intramolecular Hbond substituents is 1. The number of halogens is 1. The van der Waals surface area contributed by atoms with Gasteiger partial charge < -0.3 is 15.2 Å². The third-order valence-corrected chi connectivity index (χ3v) is 4.33. The van der Waals surface area contributed by atoms with Crippen LogP contribution < -0.4 is 10.1 Å². The fourth-order valence-corrected chi connectivity index (χ4v) is 3.05. The van der Waals surface area contributed by atoms with Crippen molar-refractivity contribution in [3.05, 3.63) is 64.8 Å². The first-order chi connectivity index (χ1) is 11.5. The maximum absolute atomic E-state index is 12.1. The monoisotopic (exact) mass is 343 g/mol. The zero-order valence-corrected chi connectivity index (χ0v) is 14.0. The molecular weight excluding hydrogens is 326 g/mol. The number of nitrogens with one attached hydrogen (secondary N) is 1. The van der Waals surface area contributed by atoms with Crippen molar-refractivity contribution in [3.63, 3.8) is 0 Å². The van der Waals surface area contributed by atoms with E-state index in [1.807, 2.05) is 24.3 Å². The fourth-order valence-electron chi connectivity index (χ4n) is 2.87. The minimum absolute atomic E-state index is 0.0612. The highest BCUT2D eigenvalue weighted by molar-refractivity contribution is 6.30. The molecule has 0 spiro atoms. The van der Waals surface area contributed by atoms with E-state index in [1.54, 1.807) is 25.3 Å². The van der Waals surface area contributed by atoms with Crippen molar-refractivity contribution < 1.29 is 14.6 Å². The molecule has 124 valence electrons. The van der Waals surface area contributed by atoms with Crippen molar-refractivity contribution in [2.75, 3.05) is 12.4 Å². The second-order valence-corrected chi connectivity index (χ2v) is 6.24. The lowest BCUT2D eigenvalue weighted by molar-refractivity contribution is -0.115. The molecule has 2 N–H and O–H groups in total. The van der Waals surface area contributed by atoms with E-state index >= 15 is 0 Å². The Kier molecular flexibility index (Phi) is 4.76. The van der Waals surface area contributed by atoms with Crippen LogP contribution in [0.5, 0.6) is 11.5 Å². The van der Waals surface area contributed by atoms with Crippen molar-refractivity contribution >= 4 is 23.1 Å². The lowest BCUT2D eigenvalue weighted by atomic mass is 9.85. The van der Waals surface area contributed by atoms with Gasteiger partial charge in [-0.25, -0.2) is 0 Å². The van der Waals surface area contributed by atoms with Gasteiger partial charge in [-0.15, -0.1) is 0 Å². The molecule has 0 saturated carbocycles. The largest absolute Gasteiger partial charge is 0.506 e. The number of anilines is 1. The predicted molar refractivity (Wildman–Crippen MR) is 94.8 cm³/mol. The molecule has 0 fully saturated rings. The zero-order valence-electron chi connectivity index (χ0n) is 13.3. The number of ether oxygens (including phenoxy) is 1. The summed E-state index contributed by atoms with van der Waals surface area (Å²) in [5.74, 6) is 1.04. The van der Waals surface area contributed by atoms with Crippen LogP contribution in [0.2, 0.25) is 5.02 Å². The van der Waals surface area contributed by atoms with Gasteiger partial charge in [0.2, 0.25) is 0 Å². The van der Waals surface area contributed by atoms with E-state index in [0.29, 0.717) is 23.6 Å². The summed E-state index contributed by atoms with van der Waals surface area (Å²) < 4.78 is 5.17. The molecule has 1 aliphatic carbocycles. The van der Waals surface area contributed by atoms with Crippen LogP contribution in [-0.4, -0.2) is 18.0 Å². The highest BCUT2D eigenvalue weighted by Crippen LogP contribution is 2.35. The third kappa shape index (κ3) is 3.71. The Balaban J connectivity index is 1.79. The predicted octanol–water partition coefficient (Wildman–Crippen LogP) is 4.50. The second-order valence-electron chi connectivity index (χ2n) is 5.80. The van der Waals surface area contributed by atoms with Crippen LogP contribution in [0, 0.1) is 0 Å². The summed E-state index contributed by atoms with van der Waals surface area (Å²) in [5, 5.41) is 13.6. The molecule has 4 nitrogen and oxygen atoms in total. The standard InChI is InChI=1S/C19H18ClNO3/c1-24-17-5-2-12(3-6-17)13-8-15(11-16(22)9-13)21-18-10-14(20)4-7-19(18)23/h2-7,10-11,13,21,23H,8-9H2,1H3/t13-/m1/s1. The maximum atomic E-state index is 12.1. The number of benzene rings is 2. The van der Waals surface area contributed by atoms with Crippen LogP contribution >= 0.6 is 11.6 Å². The second kappa shape index (κ2) is 6.97. The smallest absolute Gasteiger partial charge is 0.158 e. The lowest BCUT2D eigenvalue weighted by Crippen LogP contribution is -2.16. The van der Waals surface area contributed by atoms with Crippen LogP contribution in [0.4, 0.5) is 5.69 Å². The Morgan fingerprint density at radius 2 is 1.92 bits per heavy atom. The number of aromatic hydroxyl groups is 1. The molecule has 5 heteroatoms. The van der Waals surface area contributed by atoms with E-state index in [0.717, 1.165) is 17.0 Å². The third-order valence-electron chi connectivity index (χ3n) is 4.09. The van der Waals surface area contributed by atoms with Crippen LogP contribution in [-0.2, 0) is 4.79 Å². The molecule has 0 saturated heterocycles. The number of ketones is 1. The number of hydrogen-bond acceptors (Lipinski definition) is 4. The van der Waals surface area contributed by atoms with Gasteiger partial charge in [-0.3, -0.25) is 4.79 Å². The van der Waals surface area contributed by atoms with Crippen LogP contribution in [0.15, 0.2) is 54.2 Å². The average Bonchev–Trinajstić information content (AvgIpc) is 2.58.